The van der Waals surface area contributed by atoms with Crippen molar-refractivity contribution in [2.75, 3.05) is 0 Å². The van der Waals surface area contributed by atoms with E-state index in [4.69, 9.17) is 28.5 Å². The van der Waals surface area contributed by atoms with E-state index in [1.165, 1.54) is 11.8 Å². The lowest BCUT2D eigenvalue weighted by Gasteiger charge is -2.03. The normalized spacial score (nSPS) is 9.94. The first-order chi connectivity index (χ1) is 8.20. The number of rotatable bonds is 2. The van der Waals surface area contributed by atoms with Crippen molar-refractivity contribution < 1.29 is 0 Å². The Morgan fingerprint density at radius 1 is 1.18 bits per heavy atom. The van der Waals surface area contributed by atoms with Crippen LogP contribution in [-0.4, -0.2) is 4.98 Å². The summed E-state index contributed by atoms with van der Waals surface area (Å²) in [7, 11) is 0. The molecule has 0 N–H and O–H groups in total. The van der Waals surface area contributed by atoms with Gasteiger partial charge in [0, 0.05) is 11.1 Å². The predicted octanol–water partition coefficient (Wildman–Crippen LogP) is 4.41. The molecule has 2 aromatic rings. The van der Waals surface area contributed by atoms with E-state index in [1.54, 1.807) is 30.5 Å². The highest BCUT2D eigenvalue weighted by molar-refractivity contribution is 7.99. The minimum atomic E-state index is 0.492. The van der Waals surface area contributed by atoms with Crippen LogP contribution in [0.15, 0.2) is 46.5 Å². The number of hydrogen-bond acceptors (Lipinski definition) is 3. The van der Waals surface area contributed by atoms with Crippen LogP contribution in [0, 0.1) is 11.3 Å². The number of halogens is 2. The van der Waals surface area contributed by atoms with Gasteiger partial charge in [-0.2, -0.15) is 5.26 Å². The van der Waals surface area contributed by atoms with Crippen molar-refractivity contribution in [3.05, 3.63) is 52.1 Å². The zero-order valence-corrected chi connectivity index (χ0v) is 10.9. The molecule has 5 heteroatoms. The van der Waals surface area contributed by atoms with E-state index in [1.807, 2.05) is 6.07 Å². The maximum absolute atomic E-state index is 8.94. The summed E-state index contributed by atoms with van der Waals surface area (Å²) in [5, 5.41) is 10.6. The molecule has 2 rings (SSSR count). The largest absolute Gasteiger partial charge is 0.248 e. The van der Waals surface area contributed by atoms with Crippen LogP contribution in [0.1, 0.15) is 5.56 Å². The molecule has 0 saturated carbocycles. The Bertz CT molecular complexity index is 593. The molecule has 1 aromatic carbocycles. The summed E-state index contributed by atoms with van der Waals surface area (Å²) in [6.07, 6.45) is 1.65. The van der Waals surface area contributed by atoms with Gasteiger partial charge >= 0.3 is 0 Å². The van der Waals surface area contributed by atoms with Gasteiger partial charge in [-0.05, 0) is 30.3 Å². The van der Waals surface area contributed by atoms with E-state index in [-0.39, 0.29) is 0 Å². The highest BCUT2D eigenvalue weighted by Gasteiger charge is 2.06. The maximum Gasteiger partial charge on any atom is 0.119 e. The molecule has 84 valence electrons. The molecule has 2 nitrogen and oxygen atoms in total. The smallest absolute Gasteiger partial charge is 0.119 e. The minimum Gasteiger partial charge on any atom is -0.248 e. The van der Waals surface area contributed by atoms with Crippen molar-refractivity contribution in [2.24, 2.45) is 0 Å². The van der Waals surface area contributed by atoms with Crippen LogP contribution < -0.4 is 0 Å². The van der Waals surface area contributed by atoms with Gasteiger partial charge in [0.25, 0.3) is 0 Å². The Balaban J connectivity index is 2.32. The second kappa shape index (κ2) is 5.42. The van der Waals surface area contributed by atoms with Crippen LogP contribution in [0.3, 0.4) is 0 Å². The standard InChI is InChI=1S/C12H6Cl2N2S/c13-10-4-3-9(6-11(10)14)17-12-8(7-15)2-1-5-16-12/h1-6H. The summed E-state index contributed by atoms with van der Waals surface area (Å²) in [4.78, 5) is 5.06. The van der Waals surface area contributed by atoms with E-state index >= 15 is 0 Å². The molecule has 0 fully saturated rings. The second-order valence-electron chi connectivity index (χ2n) is 3.15. The number of nitriles is 1. The number of benzene rings is 1. The zero-order valence-electron chi connectivity index (χ0n) is 8.52. The van der Waals surface area contributed by atoms with E-state index in [9.17, 15) is 0 Å². The fourth-order valence-electron chi connectivity index (χ4n) is 1.21. The van der Waals surface area contributed by atoms with Gasteiger partial charge in [0.2, 0.25) is 0 Å². The van der Waals surface area contributed by atoms with Crippen LogP contribution in [0.2, 0.25) is 10.0 Å². The molecule has 0 aliphatic heterocycles. The molecular formula is C12H6Cl2N2S. The molecule has 0 aliphatic carbocycles. The third-order valence-corrected chi connectivity index (χ3v) is 3.74. The highest BCUT2D eigenvalue weighted by Crippen LogP contribution is 2.32. The average molecular weight is 281 g/mol. The fourth-order valence-corrected chi connectivity index (χ4v) is 2.45. The summed E-state index contributed by atoms with van der Waals surface area (Å²) in [6.45, 7) is 0. The SMILES string of the molecule is N#Cc1cccnc1Sc1ccc(Cl)c(Cl)c1. The first-order valence-electron chi connectivity index (χ1n) is 4.69. The first-order valence-corrected chi connectivity index (χ1v) is 6.26. The fraction of sp³-hybridized carbons (Fsp3) is 0. The van der Waals surface area contributed by atoms with E-state index in [2.05, 4.69) is 11.1 Å². The van der Waals surface area contributed by atoms with Gasteiger partial charge in [-0.1, -0.05) is 35.0 Å². The van der Waals surface area contributed by atoms with Crippen LogP contribution in [0.4, 0.5) is 0 Å². The molecule has 0 atom stereocenters. The molecule has 0 saturated heterocycles. The Kier molecular flexibility index (Phi) is 3.90. The lowest BCUT2D eigenvalue weighted by molar-refractivity contribution is 1.11. The van der Waals surface area contributed by atoms with Gasteiger partial charge in [-0.25, -0.2) is 4.98 Å². The van der Waals surface area contributed by atoms with Crippen LogP contribution in [0.5, 0.6) is 0 Å². The van der Waals surface area contributed by atoms with E-state index < -0.39 is 0 Å². The maximum atomic E-state index is 8.94. The molecule has 0 radical (unpaired) electrons. The van der Waals surface area contributed by atoms with Crippen molar-refractivity contribution in [3.63, 3.8) is 0 Å². The minimum absolute atomic E-state index is 0.492. The topological polar surface area (TPSA) is 36.7 Å². The number of hydrogen-bond donors (Lipinski definition) is 0. The lowest BCUT2D eigenvalue weighted by Crippen LogP contribution is -1.85. The summed E-state index contributed by atoms with van der Waals surface area (Å²) in [5.74, 6) is 0. The highest BCUT2D eigenvalue weighted by atomic mass is 35.5. The van der Waals surface area contributed by atoms with E-state index in [0.717, 1.165) is 4.90 Å². The van der Waals surface area contributed by atoms with Gasteiger partial charge in [-0.15, -0.1) is 0 Å². The van der Waals surface area contributed by atoms with Crippen LogP contribution >= 0.6 is 35.0 Å². The third kappa shape index (κ3) is 2.92. The third-order valence-electron chi connectivity index (χ3n) is 2.00. The molecule has 0 spiro atoms. The molecule has 17 heavy (non-hydrogen) atoms. The van der Waals surface area contributed by atoms with Crippen LogP contribution in [-0.2, 0) is 0 Å². The Morgan fingerprint density at radius 2 is 2.00 bits per heavy atom. The van der Waals surface area contributed by atoms with Gasteiger partial charge in [0.1, 0.15) is 11.1 Å². The van der Waals surface area contributed by atoms with E-state index in [0.29, 0.717) is 20.6 Å². The molecular weight excluding hydrogens is 275 g/mol. The van der Waals surface area contributed by atoms with Crippen molar-refractivity contribution in [1.29, 1.82) is 5.26 Å². The van der Waals surface area contributed by atoms with Crippen LogP contribution in [0.25, 0.3) is 0 Å². The molecule has 0 bridgehead atoms. The van der Waals surface area contributed by atoms with Crippen molar-refractivity contribution in [2.45, 2.75) is 9.92 Å². The molecule has 1 aromatic heterocycles. The van der Waals surface area contributed by atoms with Crippen molar-refractivity contribution >= 4 is 35.0 Å². The van der Waals surface area contributed by atoms with Gasteiger partial charge < -0.3 is 0 Å². The van der Waals surface area contributed by atoms with Gasteiger partial charge in [-0.3, -0.25) is 0 Å². The number of nitrogens with zero attached hydrogens (tertiary/aromatic N) is 2. The number of aromatic nitrogens is 1. The Hall–Kier alpha value is -1.21. The monoisotopic (exact) mass is 280 g/mol. The average Bonchev–Trinajstić information content (AvgIpc) is 2.34. The Morgan fingerprint density at radius 3 is 2.71 bits per heavy atom. The van der Waals surface area contributed by atoms with Crippen molar-refractivity contribution in [1.82, 2.24) is 4.98 Å². The summed E-state index contributed by atoms with van der Waals surface area (Å²) in [5.41, 5.74) is 0.545. The quantitative estimate of drug-likeness (QED) is 0.818. The molecule has 0 unspecified atom stereocenters. The predicted molar refractivity (Wildman–Crippen MR) is 69.5 cm³/mol. The molecule has 1 heterocycles. The van der Waals surface area contributed by atoms with Gasteiger partial charge in [0.15, 0.2) is 0 Å². The zero-order chi connectivity index (χ0) is 12.3. The summed E-state index contributed by atoms with van der Waals surface area (Å²) >= 11 is 13.1. The van der Waals surface area contributed by atoms with Crippen molar-refractivity contribution in [3.8, 4) is 6.07 Å². The first kappa shape index (κ1) is 12.3. The Labute approximate surface area is 113 Å². The second-order valence-corrected chi connectivity index (χ2v) is 5.02. The summed E-state index contributed by atoms with van der Waals surface area (Å²) in [6, 6.07) is 10.9. The lowest BCUT2D eigenvalue weighted by atomic mass is 10.3. The summed E-state index contributed by atoms with van der Waals surface area (Å²) < 4.78 is 0. The molecule has 0 amide bonds. The molecule has 0 aliphatic rings. The van der Waals surface area contributed by atoms with Gasteiger partial charge in [0.05, 0.1) is 15.6 Å². The number of pyridine rings is 1.